The number of carbonyl (C=O) groups is 1. The van der Waals surface area contributed by atoms with Gasteiger partial charge in [-0.25, -0.2) is 0 Å². The van der Waals surface area contributed by atoms with E-state index in [4.69, 9.17) is 4.42 Å². The molecule has 22 heavy (non-hydrogen) atoms. The molecule has 0 saturated carbocycles. The van der Waals surface area contributed by atoms with Crippen molar-refractivity contribution in [3.05, 3.63) is 60.7 Å². The molecule has 1 aromatic carbocycles. The normalized spacial score (nSPS) is 10.4. The number of benzene rings is 1. The molecule has 0 atom stereocenters. The van der Waals surface area contributed by atoms with Crippen LogP contribution in [0.1, 0.15) is 12.3 Å². The fourth-order valence-corrected chi connectivity index (χ4v) is 1.93. The number of hydrogen-bond acceptors (Lipinski definition) is 5. The van der Waals surface area contributed by atoms with Gasteiger partial charge in [-0.2, -0.15) is 0 Å². The topological polar surface area (TPSA) is 80.9 Å². The molecule has 0 radical (unpaired) electrons. The van der Waals surface area contributed by atoms with Gasteiger partial charge in [-0.15, -0.1) is 10.2 Å². The highest BCUT2D eigenvalue weighted by Crippen LogP contribution is 2.17. The Morgan fingerprint density at radius 3 is 2.59 bits per heavy atom. The number of carbonyl (C=O) groups excluding carboxylic acids is 1. The maximum Gasteiger partial charge on any atom is 0.247 e. The van der Waals surface area contributed by atoms with Crippen molar-refractivity contribution in [3.8, 4) is 11.5 Å². The average molecular weight is 294 g/mol. The number of aryl methyl sites for hydroxylation is 1. The summed E-state index contributed by atoms with van der Waals surface area (Å²) < 4.78 is 5.56. The zero-order valence-electron chi connectivity index (χ0n) is 11.8. The van der Waals surface area contributed by atoms with Gasteiger partial charge in [0.05, 0.1) is 0 Å². The summed E-state index contributed by atoms with van der Waals surface area (Å²) in [5.74, 6) is 0.805. The molecule has 6 nitrogen and oxygen atoms in total. The highest BCUT2D eigenvalue weighted by atomic mass is 16.4. The van der Waals surface area contributed by atoms with Gasteiger partial charge in [0.2, 0.25) is 17.7 Å². The van der Waals surface area contributed by atoms with Crippen LogP contribution in [0.25, 0.3) is 11.5 Å². The van der Waals surface area contributed by atoms with Crippen molar-refractivity contribution in [2.45, 2.75) is 12.8 Å². The standard InChI is InChI=1S/C16H14N4O2/c21-14(18-13-8-10-17-11-9-13)6-7-15-19-20-16(22-15)12-4-2-1-3-5-12/h1-5,8-11H,6-7H2,(H,17,18,21). The average Bonchev–Trinajstić information content (AvgIpc) is 3.04. The molecule has 1 N–H and O–H groups in total. The first-order chi connectivity index (χ1) is 10.8. The van der Waals surface area contributed by atoms with Crippen molar-refractivity contribution >= 4 is 11.6 Å². The van der Waals surface area contributed by atoms with Gasteiger partial charge in [-0.1, -0.05) is 18.2 Å². The van der Waals surface area contributed by atoms with E-state index in [0.29, 0.717) is 18.2 Å². The summed E-state index contributed by atoms with van der Waals surface area (Å²) >= 11 is 0. The lowest BCUT2D eigenvalue weighted by Crippen LogP contribution is -2.12. The molecular formula is C16H14N4O2. The van der Waals surface area contributed by atoms with E-state index in [1.165, 1.54) is 0 Å². The smallest absolute Gasteiger partial charge is 0.247 e. The van der Waals surface area contributed by atoms with Crippen molar-refractivity contribution in [2.24, 2.45) is 0 Å². The molecule has 0 saturated heterocycles. The largest absolute Gasteiger partial charge is 0.421 e. The molecule has 110 valence electrons. The minimum atomic E-state index is -0.106. The van der Waals surface area contributed by atoms with Crippen molar-refractivity contribution < 1.29 is 9.21 Å². The molecule has 2 heterocycles. The molecule has 6 heteroatoms. The van der Waals surface area contributed by atoms with Crippen LogP contribution >= 0.6 is 0 Å². The molecule has 0 fully saturated rings. The Balaban J connectivity index is 1.56. The summed E-state index contributed by atoms with van der Waals surface area (Å²) in [5.41, 5.74) is 1.58. The minimum Gasteiger partial charge on any atom is -0.421 e. The lowest BCUT2D eigenvalue weighted by atomic mass is 10.2. The highest BCUT2D eigenvalue weighted by Gasteiger charge is 2.10. The van der Waals surface area contributed by atoms with Crippen LogP contribution < -0.4 is 5.32 Å². The number of rotatable bonds is 5. The summed E-state index contributed by atoms with van der Waals surface area (Å²) in [4.78, 5) is 15.7. The molecule has 0 aliphatic heterocycles. The molecule has 0 aliphatic carbocycles. The van der Waals surface area contributed by atoms with Crippen LogP contribution in [0.4, 0.5) is 5.69 Å². The van der Waals surface area contributed by atoms with Crippen LogP contribution in [0.3, 0.4) is 0 Å². The van der Waals surface area contributed by atoms with Gasteiger partial charge in [0.25, 0.3) is 0 Å². The first-order valence-electron chi connectivity index (χ1n) is 6.89. The highest BCUT2D eigenvalue weighted by molar-refractivity contribution is 5.90. The third-order valence-corrected chi connectivity index (χ3v) is 3.02. The first-order valence-corrected chi connectivity index (χ1v) is 6.89. The lowest BCUT2D eigenvalue weighted by Gasteiger charge is -2.02. The van der Waals surface area contributed by atoms with Crippen LogP contribution in [0, 0.1) is 0 Å². The van der Waals surface area contributed by atoms with E-state index >= 15 is 0 Å². The SMILES string of the molecule is O=C(CCc1nnc(-c2ccccc2)o1)Nc1ccncc1. The predicted octanol–water partition coefficient (Wildman–Crippen LogP) is 2.70. The molecule has 2 aromatic heterocycles. The predicted molar refractivity (Wildman–Crippen MR) is 80.9 cm³/mol. The monoisotopic (exact) mass is 294 g/mol. The fraction of sp³-hybridized carbons (Fsp3) is 0.125. The molecule has 3 rings (SSSR count). The minimum absolute atomic E-state index is 0.106. The van der Waals surface area contributed by atoms with E-state index in [1.807, 2.05) is 30.3 Å². The third kappa shape index (κ3) is 3.54. The van der Waals surface area contributed by atoms with Crippen LogP contribution in [0.2, 0.25) is 0 Å². The molecule has 0 spiro atoms. The van der Waals surface area contributed by atoms with Crippen molar-refractivity contribution in [1.29, 1.82) is 0 Å². The van der Waals surface area contributed by atoms with Crippen LogP contribution in [-0.4, -0.2) is 21.1 Å². The second kappa shape index (κ2) is 6.62. The molecule has 1 amide bonds. The van der Waals surface area contributed by atoms with Crippen molar-refractivity contribution in [2.75, 3.05) is 5.32 Å². The van der Waals surface area contributed by atoms with Crippen molar-refractivity contribution in [1.82, 2.24) is 15.2 Å². The Kier molecular flexibility index (Phi) is 4.20. The molecule has 0 bridgehead atoms. The molecule has 0 aliphatic rings. The van der Waals surface area contributed by atoms with E-state index in [2.05, 4.69) is 20.5 Å². The Labute approximate surface area is 127 Å². The summed E-state index contributed by atoms with van der Waals surface area (Å²) in [6.07, 6.45) is 3.93. The van der Waals surface area contributed by atoms with Gasteiger partial charge in [0.15, 0.2) is 0 Å². The van der Waals surface area contributed by atoms with Gasteiger partial charge in [-0.05, 0) is 24.3 Å². The van der Waals surface area contributed by atoms with E-state index in [-0.39, 0.29) is 12.3 Å². The van der Waals surface area contributed by atoms with Crippen molar-refractivity contribution in [3.63, 3.8) is 0 Å². The van der Waals surface area contributed by atoms with Crippen LogP contribution in [0.15, 0.2) is 59.3 Å². The lowest BCUT2D eigenvalue weighted by molar-refractivity contribution is -0.116. The maximum atomic E-state index is 11.8. The molecule has 3 aromatic rings. The number of hydrogen-bond donors (Lipinski definition) is 1. The van der Waals surface area contributed by atoms with Gasteiger partial charge < -0.3 is 9.73 Å². The maximum absolute atomic E-state index is 11.8. The number of anilines is 1. The molecule has 0 unspecified atom stereocenters. The van der Waals surface area contributed by atoms with E-state index in [1.54, 1.807) is 24.5 Å². The zero-order valence-corrected chi connectivity index (χ0v) is 11.8. The fourth-order valence-electron chi connectivity index (χ4n) is 1.93. The van der Waals surface area contributed by atoms with E-state index in [0.717, 1.165) is 11.3 Å². The van der Waals surface area contributed by atoms with Gasteiger partial charge in [0.1, 0.15) is 0 Å². The number of nitrogens with zero attached hydrogens (tertiary/aromatic N) is 3. The number of aromatic nitrogens is 3. The number of pyridine rings is 1. The quantitative estimate of drug-likeness (QED) is 0.782. The zero-order chi connectivity index (χ0) is 15.2. The number of nitrogens with one attached hydrogen (secondary N) is 1. The van der Waals surface area contributed by atoms with Crippen LogP contribution in [-0.2, 0) is 11.2 Å². The summed E-state index contributed by atoms with van der Waals surface area (Å²) in [6, 6.07) is 13.0. The van der Waals surface area contributed by atoms with Gasteiger partial charge >= 0.3 is 0 Å². The molecular weight excluding hydrogens is 280 g/mol. The summed E-state index contributed by atoms with van der Waals surface area (Å²) in [6.45, 7) is 0. The van der Waals surface area contributed by atoms with Gasteiger partial charge in [-0.3, -0.25) is 9.78 Å². The second-order valence-electron chi connectivity index (χ2n) is 4.65. The second-order valence-corrected chi connectivity index (χ2v) is 4.65. The third-order valence-electron chi connectivity index (χ3n) is 3.02. The van der Waals surface area contributed by atoms with Gasteiger partial charge in [0, 0.05) is 36.5 Å². The summed E-state index contributed by atoms with van der Waals surface area (Å²) in [5, 5.41) is 10.7. The Morgan fingerprint density at radius 1 is 1.05 bits per heavy atom. The van der Waals surface area contributed by atoms with Crippen LogP contribution in [0.5, 0.6) is 0 Å². The first kappa shape index (κ1) is 13.9. The number of amides is 1. The Morgan fingerprint density at radius 2 is 1.82 bits per heavy atom. The van der Waals surface area contributed by atoms with E-state index in [9.17, 15) is 4.79 Å². The Bertz CT molecular complexity index is 741. The Hall–Kier alpha value is -3.02. The summed E-state index contributed by atoms with van der Waals surface area (Å²) in [7, 11) is 0. The van der Waals surface area contributed by atoms with E-state index < -0.39 is 0 Å².